The third-order valence-electron chi connectivity index (χ3n) is 5.66. The summed E-state index contributed by atoms with van der Waals surface area (Å²) < 4.78 is 0. The van der Waals surface area contributed by atoms with E-state index in [1.165, 1.54) is 38.0 Å². The van der Waals surface area contributed by atoms with Crippen molar-refractivity contribution < 1.29 is 4.79 Å². The first kappa shape index (κ1) is 19.5. The molecular formula is C25H26N2OS. The maximum atomic E-state index is 13.0. The van der Waals surface area contributed by atoms with Gasteiger partial charge in [0.25, 0.3) is 0 Å². The van der Waals surface area contributed by atoms with E-state index in [-0.39, 0.29) is 11.8 Å². The fraction of sp³-hybridized carbons (Fsp3) is 0.240. The van der Waals surface area contributed by atoms with Crippen molar-refractivity contribution in [2.24, 2.45) is 0 Å². The zero-order chi connectivity index (χ0) is 20.4. The predicted octanol–water partition coefficient (Wildman–Crippen LogP) is 6.57. The van der Waals surface area contributed by atoms with Gasteiger partial charge in [-0.2, -0.15) is 0 Å². The van der Waals surface area contributed by atoms with Gasteiger partial charge >= 0.3 is 0 Å². The zero-order valence-electron chi connectivity index (χ0n) is 17.1. The monoisotopic (exact) mass is 402 g/mol. The Labute approximate surface area is 175 Å². The quantitative estimate of drug-likeness (QED) is 0.376. The van der Waals surface area contributed by atoms with Gasteiger partial charge in [0.2, 0.25) is 5.91 Å². The van der Waals surface area contributed by atoms with Gasteiger partial charge in [-0.15, -0.1) is 11.3 Å². The molecule has 0 bridgehead atoms. The number of para-hydroxylation sites is 1. The molecule has 2 N–H and O–H groups in total. The third-order valence-corrected chi connectivity index (χ3v) is 6.64. The average Bonchev–Trinajstić information content (AvgIpc) is 3.39. The highest BCUT2D eigenvalue weighted by Gasteiger charge is 2.23. The average molecular weight is 403 g/mol. The van der Waals surface area contributed by atoms with Gasteiger partial charge < -0.3 is 10.3 Å². The van der Waals surface area contributed by atoms with E-state index >= 15 is 0 Å². The van der Waals surface area contributed by atoms with Crippen molar-refractivity contribution >= 4 is 33.8 Å². The molecule has 2 heterocycles. The minimum absolute atomic E-state index is 0.0300. The molecule has 2 aromatic heterocycles. The van der Waals surface area contributed by atoms with Crippen molar-refractivity contribution in [1.29, 1.82) is 0 Å². The number of hydrogen-bond acceptors (Lipinski definition) is 2. The van der Waals surface area contributed by atoms with E-state index in [0.717, 1.165) is 12.1 Å². The number of aromatic nitrogens is 1. The van der Waals surface area contributed by atoms with Crippen molar-refractivity contribution in [3.05, 3.63) is 87.2 Å². The summed E-state index contributed by atoms with van der Waals surface area (Å²) in [5.41, 5.74) is 6.94. The van der Waals surface area contributed by atoms with Crippen LogP contribution in [0.5, 0.6) is 0 Å². The normalized spacial score (nSPS) is 12.2. The molecule has 0 aliphatic carbocycles. The predicted molar refractivity (Wildman–Crippen MR) is 123 cm³/mol. The second-order valence-corrected chi connectivity index (χ2v) is 8.54. The molecule has 4 heteroatoms. The third kappa shape index (κ3) is 3.99. The highest BCUT2D eigenvalue weighted by molar-refractivity contribution is 7.10. The molecule has 0 saturated carbocycles. The lowest BCUT2D eigenvalue weighted by Gasteiger charge is -2.16. The van der Waals surface area contributed by atoms with E-state index < -0.39 is 0 Å². The lowest BCUT2D eigenvalue weighted by atomic mass is 9.92. The molecule has 0 saturated heterocycles. The van der Waals surface area contributed by atoms with E-state index in [2.05, 4.69) is 73.0 Å². The molecule has 148 valence electrons. The number of carbonyl (C=O) groups is 1. The molecule has 1 unspecified atom stereocenters. The second-order valence-electron chi connectivity index (χ2n) is 7.56. The van der Waals surface area contributed by atoms with Crippen molar-refractivity contribution in [3.8, 4) is 0 Å². The maximum Gasteiger partial charge on any atom is 0.225 e. The Balaban J connectivity index is 1.65. The van der Waals surface area contributed by atoms with Gasteiger partial charge in [0.15, 0.2) is 0 Å². The maximum absolute atomic E-state index is 13.0. The lowest BCUT2D eigenvalue weighted by Crippen LogP contribution is -2.16. The van der Waals surface area contributed by atoms with Crippen molar-refractivity contribution in [2.75, 3.05) is 5.32 Å². The summed E-state index contributed by atoms with van der Waals surface area (Å²) in [6.07, 6.45) is 3.47. The molecular weight excluding hydrogens is 376 g/mol. The highest BCUT2D eigenvalue weighted by Crippen LogP contribution is 2.36. The fourth-order valence-corrected chi connectivity index (χ4v) is 4.74. The standard InChI is InChI=1S/C25H26N2OS/c1-4-18-7-5-8-20-22(15-26-25(18)20)21(23-9-6-12-29-23)14-24(28)27-19-11-10-16(2)17(3)13-19/h5-13,15,21,26H,4,14H2,1-3H3,(H,27,28). The minimum Gasteiger partial charge on any atom is -0.361 e. The van der Waals surface area contributed by atoms with Gasteiger partial charge in [-0.05, 0) is 66.1 Å². The summed E-state index contributed by atoms with van der Waals surface area (Å²) >= 11 is 1.71. The number of anilines is 1. The van der Waals surface area contributed by atoms with Crippen LogP contribution in [0, 0.1) is 13.8 Å². The van der Waals surface area contributed by atoms with Gasteiger partial charge in [-0.3, -0.25) is 4.79 Å². The van der Waals surface area contributed by atoms with Crippen LogP contribution in [0.3, 0.4) is 0 Å². The molecule has 29 heavy (non-hydrogen) atoms. The number of thiophene rings is 1. The Morgan fingerprint density at radius 2 is 1.97 bits per heavy atom. The number of aromatic amines is 1. The molecule has 0 aliphatic rings. The Kier molecular flexibility index (Phi) is 5.54. The molecule has 1 amide bonds. The first-order valence-corrected chi connectivity index (χ1v) is 10.9. The van der Waals surface area contributed by atoms with Crippen LogP contribution in [0.1, 0.15) is 46.4 Å². The summed E-state index contributed by atoms with van der Waals surface area (Å²) in [6.45, 7) is 6.31. The van der Waals surface area contributed by atoms with Crippen LogP contribution < -0.4 is 5.32 Å². The second kappa shape index (κ2) is 8.26. The van der Waals surface area contributed by atoms with Crippen LogP contribution in [0.25, 0.3) is 10.9 Å². The smallest absolute Gasteiger partial charge is 0.225 e. The van der Waals surface area contributed by atoms with Crippen molar-refractivity contribution in [1.82, 2.24) is 4.98 Å². The molecule has 4 rings (SSSR count). The molecule has 1 atom stereocenters. The number of hydrogen-bond donors (Lipinski definition) is 2. The largest absolute Gasteiger partial charge is 0.361 e. The summed E-state index contributed by atoms with van der Waals surface area (Å²) in [7, 11) is 0. The van der Waals surface area contributed by atoms with E-state index in [9.17, 15) is 4.79 Å². The number of rotatable bonds is 6. The molecule has 4 aromatic rings. The van der Waals surface area contributed by atoms with Crippen LogP contribution in [-0.2, 0) is 11.2 Å². The van der Waals surface area contributed by atoms with Crippen LogP contribution >= 0.6 is 11.3 Å². The number of aryl methyl sites for hydroxylation is 3. The zero-order valence-corrected chi connectivity index (χ0v) is 17.9. The highest BCUT2D eigenvalue weighted by atomic mass is 32.1. The Hall–Kier alpha value is -2.85. The molecule has 2 aromatic carbocycles. The molecule has 0 aliphatic heterocycles. The SMILES string of the molecule is CCc1cccc2c(C(CC(=O)Nc3ccc(C)c(C)c3)c3cccs3)c[nH]c12. The number of fused-ring (bicyclic) bond motifs is 1. The molecule has 0 spiro atoms. The van der Waals surface area contributed by atoms with Crippen molar-refractivity contribution in [2.45, 2.75) is 39.5 Å². The van der Waals surface area contributed by atoms with E-state index in [1.54, 1.807) is 11.3 Å². The van der Waals surface area contributed by atoms with Gasteiger partial charge in [0.05, 0.1) is 0 Å². The first-order valence-electron chi connectivity index (χ1n) is 10.1. The number of H-pyrrole nitrogens is 1. The van der Waals surface area contributed by atoms with Crippen LogP contribution in [-0.4, -0.2) is 10.9 Å². The first-order chi connectivity index (χ1) is 14.1. The molecule has 0 radical (unpaired) electrons. The topological polar surface area (TPSA) is 44.9 Å². The van der Waals surface area contributed by atoms with E-state index in [0.29, 0.717) is 6.42 Å². The fourth-order valence-electron chi connectivity index (χ4n) is 3.89. The van der Waals surface area contributed by atoms with Crippen LogP contribution in [0.4, 0.5) is 5.69 Å². The molecule has 3 nitrogen and oxygen atoms in total. The van der Waals surface area contributed by atoms with Gasteiger partial charge in [0, 0.05) is 40.0 Å². The number of amides is 1. The summed E-state index contributed by atoms with van der Waals surface area (Å²) in [4.78, 5) is 17.6. The Morgan fingerprint density at radius 3 is 2.69 bits per heavy atom. The van der Waals surface area contributed by atoms with E-state index in [1.807, 2.05) is 18.2 Å². The van der Waals surface area contributed by atoms with Gasteiger partial charge in [-0.1, -0.05) is 37.3 Å². The summed E-state index contributed by atoms with van der Waals surface area (Å²) in [5.74, 6) is 0.0649. The summed E-state index contributed by atoms with van der Waals surface area (Å²) in [6, 6.07) is 16.7. The Bertz CT molecular complexity index is 1140. The van der Waals surface area contributed by atoms with Crippen LogP contribution in [0.15, 0.2) is 60.1 Å². The number of carbonyl (C=O) groups excluding carboxylic acids is 1. The summed E-state index contributed by atoms with van der Waals surface area (Å²) in [5, 5.41) is 6.38. The lowest BCUT2D eigenvalue weighted by molar-refractivity contribution is -0.116. The van der Waals surface area contributed by atoms with Crippen LogP contribution in [0.2, 0.25) is 0 Å². The number of benzene rings is 2. The van der Waals surface area contributed by atoms with Gasteiger partial charge in [0.1, 0.15) is 0 Å². The van der Waals surface area contributed by atoms with Crippen molar-refractivity contribution in [3.63, 3.8) is 0 Å². The van der Waals surface area contributed by atoms with Gasteiger partial charge in [-0.25, -0.2) is 0 Å². The van der Waals surface area contributed by atoms with E-state index in [4.69, 9.17) is 0 Å². The Morgan fingerprint density at radius 1 is 1.10 bits per heavy atom. The molecule has 0 fully saturated rings. The minimum atomic E-state index is 0.0300. The number of nitrogens with one attached hydrogen (secondary N) is 2.